The summed E-state index contributed by atoms with van der Waals surface area (Å²) in [5.41, 5.74) is -0.446. The molecule has 0 amide bonds. The number of aliphatic hydroxyl groups is 3. The van der Waals surface area contributed by atoms with Gasteiger partial charge in [-0.15, -0.1) is 0 Å². The number of ketones is 3. The lowest BCUT2D eigenvalue weighted by atomic mass is 9.59. The number of carbonyl (C=O) groups is 3. The lowest BCUT2D eigenvalue weighted by Gasteiger charge is -2.46. The van der Waals surface area contributed by atoms with E-state index < -0.39 is 46.1 Å². The molecule has 1 aromatic rings. The van der Waals surface area contributed by atoms with Gasteiger partial charge in [-0.25, -0.2) is 0 Å². The minimum atomic E-state index is -2.46. The van der Waals surface area contributed by atoms with E-state index in [1.165, 1.54) is 32.1 Å². The number of phenolic OH excluding ortho intramolecular Hbond substituents is 1. The predicted octanol–water partition coefficient (Wildman–Crippen LogP) is 5.71. The van der Waals surface area contributed by atoms with Gasteiger partial charge in [0.2, 0.25) is 5.78 Å². The van der Waals surface area contributed by atoms with Gasteiger partial charge >= 0.3 is 0 Å². The van der Waals surface area contributed by atoms with Crippen molar-refractivity contribution in [1.82, 2.24) is 0 Å². The van der Waals surface area contributed by atoms with Gasteiger partial charge in [-0.2, -0.15) is 0 Å². The maximum absolute atomic E-state index is 14.0. The summed E-state index contributed by atoms with van der Waals surface area (Å²) < 4.78 is 0. The molecule has 1 fully saturated rings. The van der Waals surface area contributed by atoms with Gasteiger partial charge in [0.05, 0.1) is 5.56 Å². The number of aliphatic hydroxyl groups excluding tert-OH is 2. The zero-order chi connectivity index (χ0) is 28.2. The first-order valence-corrected chi connectivity index (χ1v) is 14.5. The van der Waals surface area contributed by atoms with Crippen LogP contribution in [0.2, 0.25) is 0 Å². The summed E-state index contributed by atoms with van der Waals surface area (Å²) in [6.45, 7) is 5.22. The highest BCUT2D eigenvalue weighted by Crippen LogP contribution is 2.52. The third-order valence-electron chi connectivity index (χ3n) is 9.69. The molecule has 1 aromatic carbocycles. The molecule has 1 saturated carbocycles. The second kappa shape index (κ2) is 10.2. The molecule has 0 aliphatic heterocycles. The number of allylic oxidation sites excluding steroid dienone is 2. The van der Waals surface area contributed by atoms with Crippen LogP contribution in [0.25, 0.3) is 0 Å². The van der Waals surface area contributed by atoms with Crippen LogP contribution < -0.4 is 0 Å². The number of aryl methyl sites for hydroxylation is 1. The number of phenols is 1. The van der Waals surface area contributed by atoms with E-state index in [1.54, 1.807) is 0 Å². The summed E-state index contributed by atoms with van der Waals surface area (Å²) in [6.07, 6.45) is 9.42. The fraction of sp³-hybridized carbons (Fsp3) is 0.594. The third-order valence-corrected chi connectivity index (χ3v) is 9.69. The molecular weight excluding hydrogens is 496 g/mol. The van der Waals surface area contributed by atoms with E-state index >= 15 is 0 Å². The molecule has 0 radical (unpaired) electrons. The van der Waals surface area contributed by atoms with Gasteiger partial charge in [-0.1, -0.05) is 58.4 Å². The molecule has 4 N–H and O–H groups in total. The number of carbonyl (C=O) groups excluding carboxylic acids is 3. The van der Waals surface area contributed by atoms with Gasteiger partial charge in [-0.3, -0.25) is 14.4 Å². The number of benzene rings is 1. The molecule has 4 aliphatic carbocycles. The summed E-state index contributed by atoms with van der Waals surface area (Å²) in [4.78, 5) is 39.3. The molecular formula is C32H40O7. The van der Waals surface area contributed by atoms with Crippen molar-refractivity contribution in [3.05, 3.63) is 51.0 Å². The average molecular weight is 537 g/mol. The van der Waals surface area contributed by atoms with Crippen LogP contribution >= 0.6 is 0 Å². The molecule has 39 heavy (non-hydrogen) atoms. The van der Waals surface area contributed by atoms with E-state index in [0.717, 1.165) is 30.9 Å². The van der Waals surface area contributed by atoms with Gasteiger partial charge in [0.15, 0.2) is 17.2 Å². The first kappa shape index (κ1) is 27.6. The van der Waals surface area contributed by atoms with E-state index in [4.69, 9.17) is 0 Å². The van der Waals surface area contributed by atoms with Crippen LogP contribution in [0.3, 0.4) is 0 Å². The van der Waals surface area contributed by atoms with Crippen LogP contribution in [-0.4, -0.2) is 43.4 Å². The quantitative estimate of drug-likeness (QED) is 0.342. The molecule has 5 rings (SSSR count). The average Bonchev–Trinajstić information content (AvgIpc) is 2.87. The van der Waals surface area contributed by atoms with Crippen molar-refractivity contribution in [3.8, 4) is 5.75 Å². The molecule has 7 heteroatoms. The number of fused-ring (bicyclic) bond motifs is 3. The molecule has 0 spiro atoms. The SMILES string of the molecule is CC(=O)C1=C(O)C[C@@H]2C[C@@H]3Cc4c(C(C)C)cc(CCCC5CCCCC5)c(O)c4C(=O)C3=C(O)[C@]2(O)C1=O. The molecule has 210 valence electrons. The number of rotatable bonds is 6. The van der Waals surface area contributed by atoms with Crippen molar-refractivity contribution in [2.75, 3.05) is 0 Å². The summed E-state index contributed by atoms with van der Waals surface area (Å²) in [6, 6.07) is 2.03. The van der Waals surface area contributed by atoms with Crippen LogP contribution in [0.15, 0.2) is 28.7 Å². The lowest BCUT2D eigenvalue weighted by Crippen LogP contribution is -2.56. The van der Waals surface area contributed by atoms with Gasteiger partial charge < -0.3 is 20.4 Å². The minimum Gasteiger partial charge on any atom is -0.511 e. The normalized spacial score (nSPS) is 27.5. The van der Waals surface area contributed by atoms with E-state index in [-0.39, 0.29) is 41.4 Å². The standard InChI is InChI=1S/C32H40O7/c1-16(2)22-13-19(11-7-10-18-8-5-4-6-9-18)28(35)27-23(22)14-20-12-21-15-24(34)25(17(3)33)30(37)32(21,39)31(38)26(20)29(27)36/h13,16,18,20-21,34-35,38-39H,4-12,14-15H2,1-3H3/t20-,21+,32-/m1/s1. The van der Waals surface area contributed by atoms with Gasteiger partial charge in [-0.05, 0) is 67.1 Å². The van der Waals surface area contributed by atoms with Crippen LogP contribution in [0.5, 0.6) is 5.75 Å². The van der Waals surface area contributed by atoms with Crippen molar-refractivity contribution in [2.24, 2.45) is 17.8 Å². The number of Topliss-reactive ketones (excluding diaryl/α,β-unsaturated/α-hetero) is 3. The zero-order valence-corrected chi connectivity index (χ0v) is 23.2. The summed E-state index contributed by atoms with van der Waals surface area (Å²) in [7, 11) is 0. The second-order valence-corrected chi connectivity index (χ2v) is 12.5. The summed E-state index contributed by atoms with van der Waals surface area (Å²) in [5, 5.41) is 44.6. The first-order chi connectivity index (χ1) is 18.5. The predicted molar refractivity (Wildman–Crippen MR) is 146 cm³/mol. The largest absolute Gasteiger partial charge is 0.511 e. The molecule has 0 bridgehead atoms. The fourth-order valence-corrected chi connectivity index (χ4v) is 7.65. The highest BCUT2D eigenvalue weighted by Gasteiger charge is 2.59. The Kier molecular flexibility index (Phi) is 7.25. The number of aromatic hydroxyl groups is 1. The second-order valence-electron chi connectivity index (χ2n) is 12.5. The Bertz CT molecular complexity index is 1290. The molecule has 0 aromatic heterocycles. The number of hydrogen-bond acceptors (Lipinski definition) is 7. The van der Waals surface area contributed by atoms with Gasteiger partial charge in [0, 0.05) is 17.9 Å². The van der Waals surface area contributed by atoms with Crippen molar-refractivity contribution in [3.63, 3.8) is 0 Å². The van der Waals surface area contributed by atoms with Crippen LogP contribution in [0.1, 0.15) is 112 Å². The monoisotopic (exact) mass is 536 g/mol. The van der Waals surface area contributed by atoms with Crippen molar-refractivity contribution >= 4 is 17.3 Å². The van der Waals surface area contributed by atoms with Crippen molar-refractivity contribution in [2.45, 2.75) is 103 Å². The molecule has 0 heterocycles. The first-order valence-electron chi connectivity index (χ1n) is 14.5. The van der Waals surface area contributed by atoms with Gasteiger partial charge in [0.25, 0.3) is 0 Å². The van der Waals surface area contributed by atoms with Crippen LogP contribution in [-0.2, 0) is 22.4 Å². The van der Waals surface area contributed by atoms with Crippen LogP contribution in [0, 0.1) is 17.8 Å². The van der Waals surface area contributed by atoms with E-state index in [2.05, 4.69) is 13.8 Å². The summed E-state index contributed by atoms with van der Waals surface area (Å²) in [5.74, 6) is -4.10. The van der Waals surface area contributed by atoms with E-state index in [9.17, 15) is 34.8 Å². The molecule has 4 aliphatic rings. The Labute approximate surface area is 229 Å². The topological polar surface area (TPSA) is 132 Å². The third kappa shape index (κ3) is 4.43. The minimum absolute atomic E-state index is 0.0664. The smallest absolute Gasteiger partial charge is 0.209 e. The molecule has 0 saturated heterocycles. The Balaban J connectivity index is 1.54. The van der Waals surface area contributed by atoms with E-state index in [0.29, 0.717) is 24.3 Å². The molecule has 3 atom stereocenters. The highest BCUT2D eigenvalue weighted by atomic mass is 16.3. The maximum Gasteiger partial charge on any atom is 0.209 e. The number of hydrogen-bond donors (Lipinski definition) is 4. The Morgan fingerprint density at radius 1 is 1.08 bits per heavy atom. The fourth-order valence-electron chi connectivity index (χ4n) is 7.65. The highest BCUT2D eigenvalue weighted by molar-refractivity contribution is 6.25. The Hall–Kier alpha value is -2.93. The van der Waals surface area contributed by atoms with E-state index in [1.807, 2.05) is 6.07 Å². The summed E-state index contributed by atoms with van der Waals surface area (Å²) >= 11 is 0. The lowest BCUT2D eigenvalue weighted by molar-refractivity contribution is -0.144. The van der Waals surface area contributed by atoms with Crippen molar-refractivity contribution in [1.29, 1.82) is 0 Å². The van der Waals surface area contributed by atoms with Crippen LogP contribution in [0.4, 0.5) is 0 Å². The van der Waals surface area contributed by atoms with Gasteiger partial charge in [0.1, 0.15) is 22.8 Å². The maximum atomic E-state index is 14.0. The van der Waals surface area contributed by atoms with Crippen molar-refractivity contribution < 1.29 is 34.8 Å². The Morgan fingerprint density at radius 3 is 2.41 bits per heavy atom. The Morgan fingerprint density at radius 2 is 1.77 bits per heavy atom. The molecule has 7 nitrogen and oxygen atoms in total. The molecule has 0 unspecified atom stereocenters. The zero-order valence-electron chi connectivity index (χ0n) is 23.2.